The summed E-state index contributed by atoms with van der Waals surface area (Å²) in [4.78, 5) is 14.3. The Labute approximate surface area is 134 Å². The first-order valence-corrected chi connectivity index (χ1v) is 7.90. The summed E-state index contributed by atoms with van der Waals surface area (Å²) in [6.07, 6.45) is -4.31. The van der Waals surface area contributed by atoms with Crippen molar-refractivity contribution in [3.05, 3.63) is 35.4 Å². The van der Waals surface area contributed by atoms with Gasteiger partial charge in [-0.1, -0.05) is 25.1 Å². The van der Waals surface area contributed by atoms with E-state index >= 15 is 0 Å². The highest BCUT2D eigenvalue weighted by atomic mass is 19.4. The number of hydrogen-bond acceptors (Lipinski definition) is 2. The molecule has 0 bridgehead atoms. The monoisotopic (exact) mass is 328 g/mol. The summed E-state index contributed by atoms with van der Waals surface area (Å²) in [5.41, 5.74) is -0.466. The van der Waals surface area contributed by atoms with E-state index in [-0.39, 0.29) is 30.0 Å². The summed E-state index contributed by atoms with van der Waals surface area (Å²) in [7, 11) is 0. The molecule has 0 saturated carbocycles. The van der Waals surface area contributed by atoms with Crippen LogP contribution < -0.4 is 5.32 Å². The molecule has 1 heterocycles. The molecular weight excluding hydrogens is 305 g/mol. The molecule has 1 aliphatic heterocycles. The fourth-order valence-corrected chi connectivity index (χ4v) is 3.08. The molecule has 3 atom stereocenters. The number of halogens is 3. The standard InChI is InChI=1S/C17H23F3N2O/c1-11(14-6-4-5-7-15(14)17(18,19)20)10-16(23)22-9-8-21-12(2)13(22)3/h4-7,11-13,21H,8-10H2,1-3H3. The minimum atomic E-state index is -4.40. The summed E-state index contributed by atoms with van der Waals surface area (Å²) in [5, 5.41) is 3.29. The summed E-state index contributed by atoms with van der Waals surface area (Å²) < 4.78 is 39.3. The van der Waals surface area contributed by atoms with Gasteiger partial charge in [0.15, 0.2) is 0 Å². The third kappa shape index (κ3) is 4.05. The van der Waals surface area contributed by atoms with E-state index in [0.29, 0.717) is 13.1 Å². The van der Waals surface area contributed by atoms with Gasteiger partial charge in [-0.15, -0.1) is 0 Å². The fourth-order valence-electron chi connectivity index (χ4n) is 3.08. The summed E-state index contributed by atoms with van der Waals surface area (Å²) in [6.45, 7) is 6.96. The predicted molar refractivity (Wildman–Crippen MR) is 83.1 cm³/mol. The van der Waals surface area contributed by atoms with E-state index in [0.717, 1.165) is 6.07 Å². The molecule has 1 amide bonds. The molecule has 6 heteroatoms. The highest BCUT2D eigenvalue weighted by molar-refractivity contribution is 5.77. The van der Waals surface area contributed by atoms with Gasteiger partial charge in [-0.25, -0.2) is 0 Å². The largest absolute Gasteiger partial charge is 0.416 e. The van der Waals surface area contributed by atoms with E-state index in [2.05, 4.69) is 5.32 Å². The van der Waals surface area contributed by atoms with Crippen LogP contribution in [0, 0.1) is 0 Å². The number of piperazine rings is 1. The summed E-state index contributed by atoms with van der Waals surface area (Å²) >= 11 is 0. The van der Waals surface area contributed by atoms with Crippen molar-refractivity contribution >= 4 is 5.91 Å². The van der Waals surface area contributed by atoms with Crippen molar-refractivity contribution in [1.29, 1.82) is 0 Å². The SMILES string of the molecule is CC(CC(=O)N1CCNC(C)C1C)c1ccccc1C(F)(F)F. The van der Waals surface area contributed by atoms with E-state index in [1.807, 2.05) is 13.8 Å². The van der Waals surface area contributed by atoms with Gasteiger partial charge in [-0.05, 0) is 31.4 Å². The van der Waals surface area contributed by atoms with E-state index in [9.17, 15) is 18.0 Å². The number of benzene rings is 1. The molecule has 2 rings (SSSR count). The lowest BCUT2D eigenvalue weighted by molar-refractivity contribution is -0.139. The lowest BCUT2D eigenvalue weighted by Gasteiger charge is -2.39. The Bertz CT molecular complexity index is 559. The number of carbonyl (C=O) groups is 1. The second-order valence-corrected chi connectivity index (χ2v) is 6.26. The average Bonchev–Trinajstić information content (AvgIpc) is 2.49. The van der Waals surface area contributed by atoms with Crippen LogP contribution in [0.5, 0.6) is 0 Å². The number of rotatable bonds is 3. The fraction of sp³-hybridized carbons (Fsp3) is 0.588. The van der Waals surface area contributed by atoms with Crippen LogP contribution in [0.1, 0.15) is 44.2 Å². The van der Waals surface area contributed by atoms with Crippen molar-refractivity contribution in [2.45, 2.75) is 51.4 Å². The minimum Gasteiger partial charge on any atom is -0.337 e. The minimum absolute atomic E-state index is 0.0429. The molecule has 3 nitrogen and oxygen atoms in total. The topological polar surface area (TPSA) is 32.3 Å². The molecular formula is C17H23F3N2O. The van der Waals surface area contributed by atoms with Crippen LogP contribution in [0.25, 0.3) is 0 Å². The molecule has 1 fully saturated rings. The molecule has 1 saturated heterocycles. The number of alkyl halides is 3. The highest BCUT2D eigenvalue weighted by Crippen LogP contribution is 2.36. The number of nitrogens with one attached hydrogen (secondary N) is 1. The molecule has 3 unspecified atom stereocenters. The van der Waals surface area contributed by atoms with E-state index in [4.69, 9.17) is 0 Å². The van der Waals surface area contributed by atoms with Gasteiger partial charge in [0.25, 0.3) is 0 Å². The molecule has 0 spiro atoms. The van der Waals surface area contributed by atoms with Crippen molar-refractivity contribution in [1.82, 2.24) is 10.2 Å². The Balaban J connectivity index is 2.13. The van der Waals surface area contributed by atoms with Crippen molar-refractivity contribution in [3.63, 3.8) is 0 Å². The third-order valence-corrected chi connectivity index (χ3v) is 4.63. The Hall–Kier alpha value is -1.56. The van der Waals surface area contributed by atoms with Crippen LogP contribution in [-0.4, -0.2) is 36.0 Å². The third-order valence-electron chi connectivity index (χ3n) is 4.63. The van der Waals surface area contributed by atoms with Crippen LogP contribution in [-0.2, 0) is 11.0 Å². The number of amides is 1. The molecule has 1 aromatic carbocycles. The highest BCUT2D eigenvalue weighted by Gasteiger charge is 2.35. The zero-order valence-electron chi connectivity index (χ0n) is 13.7. The average molecular weight is 328 g/mol. The number of hydrogen-bond donors (Lipinski definition) is 1. The summed E-state index contributed by atoms with van der Waals surface area (Å²) in [6, 6.07) is 5.73. The molecule has 23 heavy (non-hydrogen) atoms. The first kappa shape index (κ1) is 17.8. The Kier molecular flexibility index (Phi) is 5.34. The first-order valence-electron chi connectivity index (χ1n) is 7.90. The maximum absolute atomic E-state index is 13.1. The van der Waals surface area contributed by atoms with E-state index in [1.54, 1.807) is 17.9 Å². The van der Waals surface area contributed by atoms with Crippen LogP contribution in [0.15, 0.2) is 24.3 Å². The van der Waals surface area contributed by atoms with Crippen LogP contribution in [0.2, 0.25) is 0 Å². The molecule has 1 aliphatic rings. The van der Waals surface area contributed by atoms with Crippen LogP contribution >= 0.6 is 0 Å². The van der Waals surface area contributed by atoms with Gasteiger partial charge in [0.2, 0.25) is 5.91 Å². The second kappa shape index (κ2) is 6.91. The zero-order valence-corrected chi connectivity index (χ0v) is 13.7. The van der Waals surface area contributed by atoms with Crippen molar-refractivity contribution < 1.29 is 18.0 Å². The first-order chi connectivity index (χ1) is 10.7. The molecule has 0 aromatic heterocycles. The number of carbonyl (C=O) groups excluding carboxylic acids is 1. The van der Waals surface area contributed by atoms with E-state index < -0.39 is 17.7 Å². The molecule has 1 N–H and O–H groups in total. The van der Waals surface area contributed by atoms with Gasteiger partial charge >= 0.3 is 6.18 Å². The lowest BCUT2D eigenvalue weighted by atomic mass is 9.92. The second-order valence-electron chi connectivity index (χ2n) is 6.26. The van der Waals surface area contributed by atoms with E-state index in [1.165, 1.54) is 12.1 Å². The quantitative estimate of drug-likeness (QED) is 0.922. The van der Waals surface area contributed by atoms with Gasteiger partial charge in [-0.2, -0.15) is 13.2 Å². The van der Waals surface area contributed by atoms with Crippen molar-refractivity contribution in [3.8, 4) is 0 Å². The van der Waals surface area contributed by atoms with Gasteiger partial charge in [0.05, 0.1) is 5.56 Å². The van der Waals surface area contributed by atoms with Crippen molar-refractivity contribution in [2.75, 3.05) is 13.1 Å². The van der Waals surface area contributed by atoms with Crippen molar-refractivity contribution in [2.24, 2.45) is 0 Å². The van der Waals surface area contributed by atoms with Gasteiger partial charge < -0.3 is 10.2 Å². The Morgan fingerprint density at radius 3 is 2.65 bits per heavy atom. The molecule has 0 radical (unpaired) electrons. The Morgan fingerprint density at radius 1 is 1.35 bits per heavy atom. The lowest BCUT2D eigenvalue weighted by Crippen LogP contribution is -2.57. The number of nitrogens with zero attached hydrogens (tertiary/aromatic N) is 1. The molecule has 128 valence electrons. The predicted octanol–water partition coefficient (Wildman–Crippen LogP) is 3.41. The van der Waals surface area contributed by atoms with Gasteiger partial charge in [-0.3, -0.25) is 4.79 Å². The van der Waals surface area contributed by atoms with Crippen LogP contribution in [0.4, 0.5) is 13.2 Å². The Morgan fingerprint density at radius 2 is 2.00 bits per heavy atom. The molecule has 1 aromatic rings. The maximum atomic E-state index is 13.1. The van der Waals surface area contributed by atoms with Gasteiger partial charge in [0.1, 0.15) is 0 Å². The smallest absolute Gasteiger partial charge is 0.337 e. The summed E-state index contributed by atoms with van der Waals surface area (Å²) in [5.74, 6) is -0.562. The molecule has 0 aliphatic carbocycles. The van der Waals surface area contributed by atoms with Gasteiger partial charge in [0, 0.05) is 31.6 Å². The zero-order chi connectivity index (χ0) is 17.2. The maximum Gasteiger partial charge on any atom is 0.416 e. The van der Waals surface area contributed by atoms with Crippen LogP contribution in [0.3, 0.4) is 0 Å². The normalized spacial score (nSPS) is 23.7.